The second-order valence-electron chi connectivity index (χ2n) is 5.85. The van der Waals surface area contributed by atoms with Gasteiger partial charge in [-0.2, -0.15) is 0 Å². The molecule has 0 bridgehead atoms. The highest BCUT2D eigenvalue weighted by Crippen LogP contribution is 2.24. The van der Waals surface area contributed by atoms with Crippen molar-refractivity contribution in [2.45, 2.75) is 50.3 Å². The fraction of sp³-hybridized carbons (Fsp3) is 0.923. The van der Waals surface area contributed by atoms with Crippen LogP contribution in [0.15, 0.2) is 0 Å². The van der Waals surface area contributed by atoms with Gasteiger partial charge in [0, 0.05) is 26.2 Å². The van der Waals surface area contributed by atoms with E-state index in [2.05, 4.69) is 10.2 Å². The van der Waals surface area contributed by atoms with Gasteiger partial charge >= 0.3 is 0 Å². The van der Waals surface area contributed by atoms with E-state index < -0.39 is 5.54 Å². The van der Waals surface area contributed by atoms with Crippen molar-refractivity contribution in [3.05, 3.63) is 0 Å². The van der Waals surface area contributed by atoms with Crippen molar-refractivity contribution >= 4 is 5.91 Å². The molecule has 1 aliphatic carbocycles. The summed E-state index contributed by atoms with van der Waals surface area (Å²) >= 11 is 0. The maximum Gasteiger partial charge on any atom is 0.238 e. The third-order valence-corrected chi connectivity index (χ3v) is 3.98. The second kappa shape index (κ2) is 5.55. The summed E-state index contributed by atoms with van der Waals surface area (Å²) in [5.74, 6) is -0.256. The van der Waals surface area contributed by atoms with E-state index in [0.717, 1.165) is 38.8 Å². The minimum Gasteiger partial charge on any atom is -0.380 e. The Morgan fingerprint density at radius 1 is 1.50 bits per heavy atom. The van der Waals surface area contributed by atoms with Crippen LogP contribution in [-0.4, -0.2) is 55.2 Å². The molecular weight excluding hydrogens is 230 g/mol. The Labute approximate surface area is 109 Å². The fourth-order valence-electron chi connectivity index (χ4n) is 2.67. The summed E-state index contributed by atoms with van der Waals surface area (Å²) in [5.41, 5.74) is 4.96. The van der Waals surface area contributed by atoms with Gasteiger partial charge in [0.15, 0.2) is 0 Å². The van der Waals surface area contributed by atoms with E-state index in [4.69, 9.17) is 10.5 Å². The first-order valence-electron chi connectivity index (χ1n) is 6.86. The number of hydrogen-bond donors (Lipinski definition) is 2. The maximum atomic E-state index is 11.7. The number of amides is 1. The lowest BCUT2D eigenvalue weighted by molar-refractivity contribution is -0.125. The molecule has 18 heavy (non-hydrogen) atoms. The highest BCUT2D eigenvalue weighted by atomic mass is 16.5. The predicted molar refractivity (Wildman–Crippen MR) is 70.2 cm³/mol. The van der Waals surface area contributed by atoms with Crippen LogP contribution >= 0.6 is 0 Å². The molecule has 2 rings (SSSR count). The number of piperidine rings is 1. The summed E-state index contributed by atoms with van der Waals surface area (Å²) in [5, 5.41) is 3.39. The average molecular weight is 255 g/mol. The monoisotopic (exact) mass is 255 g/mol. The molecule has 5 heteroatoms. The molecule has 0 aromatic carbocycles. The molecule has 2 unspecified atom stereocenters. The van der Waals surface area contributed by atoms with Crippen molar-refractivity contribution in [3.8, 4) is 0 Å². The van der Waals surface area contributed by atoms with Crippen LogP contribution in [0.25, 0.3) is 0 Å². The second-order valence-corrected chi connectivity index (χ2v) is 5.85. The molecule has 0 radical (unpaired) electrons. The largest absolute Gasteiger partial charge is 0.380 e. The molecule has 0 spiro atoms. The molecule has 5 nitrogen and oxygen atoms in total. The number of primary amides is 1. The molecule has 1 heterocycles. The van der Waals surface area contributed by atoms with Crippen LogP contribution in [0.1, 0.15) is 32.6 Å². The lowest BCUT2D eigenvalue weighted by Crippen LogP contribution is -2.61. The van der Waals surface area contributed by atoms with E-state index >= 15 is 0 Å². The number of nitrogens with two attached hydrogens (primary N) is 1. The van der Waals surface area contributed by atoms with E-state index in [1.165, 1.54) is 0 Å². The molecule has 1 saturated carbocycles. The summed E-state index contributed by atoms with van der Waals surface area (Å²) < 4.78 is 5.41. The zero-order chi connectivity index (χ0) is 13.2. The molecule has 2 fully saturated rings. The van der Waals surface area contributed by atoms with Gasteiger partial charge in [0.1, 0.15) is 5.54 Å². The van der Waals surface area contributed by atoms with Gasteiger partial charge in [0.25, 0.3) is 0 Å². The van der Waals surface area contributed by atoms with Crippen molar-refractivity contribution in [1.82, 2.24) is 10.2 Å². The average Bonchev–Trinajstić information content (AvgIpc) is 3.12. The lowest BCUT2D eigenvalue weighted by Gasteiger charge is -2.38. The Balaban J connectivity index is 1.92. The topological polar surface area (TPSA) is 67.6 Å². The smallest absolute Gasteiger partial charge is 0.238 e. The third kappa shape index (κ3) is 3.43. The number of rotatable bonds is 6. The van der Waals surface area contributed by atoms with Gasteiger partial charge in [-0.05, 0) is 39.2 Å². The summed E-state index contributed by atoms with van der Waals surface area (Å²) in [6.45, 7) is 4.52. The number of hydrogen-bond acceptors (Lipinski definition) is 4. The molecule has 0 aromatic heterocycles. The molecule has 1 amide bonds. The lowest BCUT2D eigenvalue weighted by atomic mass is 9.98. The minimum absolute atomic E-state index is 0.256. The number of methoxy groups -OCH3 is 1. The first-order chi connectivity index (χ1) is 8.53. The van der Waals surface area contributed by atoms with Gasteiger partial charge in [-0.3, -0.25) is 15.0 Å². The molecular formula is C13H25N3O2. The highest BCUT2D eigenvalue weighted by molar-refractivity contribution is 5.84. The van der Waals surface area contributed by atoms with Crippen LogP contribution in [0.4, 0.5) is 0 Å². The fourth-order valence-corrected chi connectivity index (χ4v) is 2.67. The van der Waals surface area contributed by atoms with Crippen molar-refractivity contribution in [3.63, 3.8) is 0 Å². The van der Waals surface area contributed by atoms with E-state index in [1.54, 1.807) is 7.11 Å². The Hall–Kier alpha value is -0.650. The Morgan fingerprint density at radius 3 is 2.78 bits per heavy atom. The molecule has 2 atom stereocenters. The van der Waals surface area contributed by atoms with Gasteiger partial charge in [-0.25, -0.2) is 0 Å². The van der Waals surface area contributed by atoms with Crippen LogP contribution in [-0.2, 0) is 9.53 Å². The van der Waals surface area contributed by atoms with E-state index in [9.17, 15) is 4.79 Å². The van der Waals surface area contributed by atoms with Crippen LogP contribution in [0.2, 0.25) is 0 Å². The Kier molecular flexibility index (Phi) is 4.25. The van der Waals surface area contributed by atoms with Crippen LogP contribution < -0.4 is 11.1 Å². The molecule has 0 aromatic rings. The van der Waals surface area contributed by atoms with E-state index in [-0.39, 0.29) is 12.0 Å². The van der Waals surface area contributed by atoms with Crippen molar-refractivity contribution in [2.24, 2.45) is 5.73 Å². The number of carbonyl (C=O) groups is 1. The number of nitrogens with one attached hydrogen (secondary N) is 1. The summed E-state index contributed by atoms with van der Waals surface area (Å²) in [6, 6.07) is 0.477. The van der Waals surface area contributed by atoms with Gasteiger partial charge in [-0.15, -0.1) is 0 Å². The number of ether oxygens (including phenoxy) is 1. The van der Waals surface area contributed by atoms with E-state index in [0.29, 0.717) is 12.6 Å². The minimum atomic E-state index is -0.614. The van der Waals surface area contributed by atoms with Crippen molar-refractivity contribution in [2.75, 3.05) is 26.7 Å². The quantitative estimate of drug-likeness (QED) is 0.706. The number of carbonyl (C=O) groups excluding carboxylic acids is 1. The standard InChI is InChI=1S/C13H25N3O2/c1-13(12(14)17,15-10-5-6-10)9-16-7-3-4-11(8-16)18-2/h10-11,15H,3-9H2,1-2H3,(H2,14,17). The summed E-state index contributed by atoms with van der Waals surface area (Å²) in [7, 11) is 1.75. The first kappa shape index (κ1) is 13.8. The molecule has 2 aliphatic rings. The first-order valence-corrected chi connectivity index (χ1v) is 6.86. The molecule has 3 N–H and O–H groups in total. The molecule has 104 valence electrons. The van der Waals surface area contributed by atoms with E-state index in [1.807, 2.05) is 6.92 Å². The zero-order valence-corrected chi connectivity index (χ0v) is 11.4. The SMILES string of the molecule is COC1CCCN(CC(C)(NC2CC2)C(N)=O)C1. The van der Waals surface area contributed by atoms with Gasteiger partial charge < -0.3 is 10.5 Å². The van der Waals surface area contributed by atoms with Crippen molar-refractivity contribution in [1.29, 1.82) is 0 Å². The number of likely N-dealkylation sites (tertiary alicyclic amines) is 1. The Bertz CT molecular complexity index is 307. The highest BCUT2D eigenvalue weighted by Gasteiger charge is 2.39. The van der Waals surface area contributed by atoms with Crippen molar-refractivity contribution < 1.29 is 9.53 Å². The normalized spacial score (nSPS) is 28.9. The third-order valence-electron chi connectivity index (χ3n) is 3.98. The summed E-state index contributed by atoms with van der Waals surface area (Å²) in [6.07, 6.45) is 4.83. The van der Waals surface area contributed by atoms with Crippen LogP contribution in [0, 0.1) is 0 Å². The molecule has 1 saturated heterocycles. The Morgan fingerprint density at radius 2 is 2.22 bits per heavy atom. The maximum absolute atomic E-state index is 11.7. The summed E-state index contributed by atoms with van der Waals surface area (Å²) in [4.78, 5) is 14.0. The van der Waals surface area contributed by atoms with Gasteiger partial charge in [-0.1, -0.05) is 0 Å². The molecule has 1 aliphatic heterocycles. The van der Waals surface area contributed by atoms with Crippen LogP contribution in [0.3, 0.4) is 0 Å². The number of nitrogens with zero attached hydrogens (tertiary/aromatic N) is 1. The predicted octanol–water partition coefficient (Wildman–Crippen LogP) is 0.0932. The van der Waals surface area contributed by atoms with Gasteiger partial charge in [0.05, 0.1) is 6.10 Å². The van der Waals surface area contributed by atoms with Crippen LogP contribution in [0.5, 0.6) is 0 Å². The van der Waals surface area contributed by atoms with Gasteiger partial charge in [0.2, 0.25) is 5.91 Å². The zero-order valence-electron chi connectivity index (χ0n) is 11.4.